The number of hydrogen-bond donors (Lipinski definition) is 2. The van der Waals surface area contributed by atoms with E-state index in [1.165, 1.54) is 12.5 Å². The second-order valence-corrected chi connectivity index (χ2v) is 12.7. The Morgan fingerprint density at radius 3 is 2.73 bits per heavy atom. The van der Waals surface area contributed by atoms with Crippen LogP contribution in [0, 0.1) is 11.6 Å². The van der Waals surface area contributed by atoms with Crippen molar-refractivity contribution in [3.63, 3.8) is 0 Å². The predicted molar refractivity (Wildman–Crippen MR) is 158 cm³/mol. The standard InChI is InChI=1S/C34H32F2N6O2/c35-25-10-4-8-23(29(25)36)22-13-26(31-39-17-28(42(31)18-22)19-6-2-1-3-7-19)40-32(43)21-12-20-14-34(15-27(20)38-16-21)24-9-5-11-37-30(24)41-33(34)44/h4-5,8-12,16-17,19,22,26H,1-3,6-7,13-15,18H2,(H,40,43)(H,37,41,44)/t22-,26+,34?/m1/s1. The van der Waals surface area contributed by atoms with Crippen LogP contribution in [-0.4, -0.2) is 31.3 Å². The van der Waals surface area contributed by atoms with Crippen LogP contribution < -0.4 is 10.6 Å². The maximum absolute atomic E-state index is 15.0. The Hall–Kier alpha value is -4.47. The zero-order chi connectivity index (χ0) is 30.0. The van der Waals surface area contributed by atoms with Gasteiger partial charge in [0.1, 0.15) is 11.6 Å². The van der Waals surface area contributed by atoms with Gasteiger partial charge in [-0.3, -0.25) is 14.6 Å². The molecule has 8 rings (SSSR count). The van der Waals surface area contributed by atoms with Gasteiger partial charge in [-0.15, -0.1) is 0 Å². The van der Waals surface area contributed by atoms with Gasteiger partial charge in [-0.2, -0.15) is 0 Å². The molecule has 2 N–H and O–H groups in total. The van der Waals surface area contributed by atoms with Gasteiger partial charge in [0.05, 0.1) is 17.0 Å². The predicted octanol–water partition coefficient (Wildman–Crippen LogP) is 5.65. The number of fused-ring (bicyclic) bond motifs is 4. The average molecular weight is 595 g/mol. The Balaban J connectivity index is 1.09. The Kier molecular flexibility index (Phi) is 6.36. The average Bonchev–Trinajstić information content (AvgIpc) is 3.72. The van der Waals surface area contributed by atoms with Gasteiger partial charge < -0.3 is 15.2 Å². The molecule has 4 aliphatic rings. The van der Waals surface area contributed by atoms with Gasteiger partial charge in [0.15, 0.2) is 11.6 Å². The molecule has 1 saturated carbocycles. The third-order valence-electron chi connectivity index (χ3n) is 10.2. The van der Waals surface area contributed by atoms with Crippen LogP contribution in [0.2, 0.25) is 0 Å². The molecule has 224 valence electrons. The van der Waals surface area contributed by atoms with Gasteiger partial charge >= 0.3 is 0 Å². The van der Waals surface area contributed by atoms with Gasteiger partial charge in [0.2, 0.25) is 5.91 Å². The SMILES string of the molecule is O=C(N[C@H]1C[C@@H](c2cccc(F)c2F)Cn2c(C3CCCCC3)cnc21)c1cnc2c(c1)CC1(C2)C(=O)Nc2ncccc21. The fourth-order valence-corrected chi connectivity index (χ4v) is 7.96. The van der Waals surface area contributed by atoms with Gasteiger partial charge in [0, 0.05) is 60.3 Å². The molecule has 8 nitrogen and oxygen atoms in total. The number of rotatable bonds is 4. The van der Waals surface area contributed by atoms with Crippen molar-refractivity contribution in [3.8, 4) is 0 Å². The monoisotopic (exact) mass is 594 g/mol. The number of aromatic nitrogens is 4. The van der Waals surface area contributed by atoms with Crippen LogP contribution in [0.25, 0.3) is 0 Å². The first-order valence-electron chi connectivity index (χ1n) is 15.5. The molecule has 3 aromatic heterocycles. The van der Waals surface area contributed by atoms with Crippen LogP contribution in [0.3, 0.4) is 0 Å². The molecule has 2 aliphatic carbocycles. The highest BCUT2D eigenvalue weighted by atomic mass is 19.2. The molecule has 3 atom stereocenters. The number of imidazole rings is 1. The third-order valence-corrected chi connectivity index (χ3v) is 10.2. The number of nitrogens with one attached hydrogen (secondary N) is 2. The van der Waals surface area contributed by atoms with Gasteiger partial charge in [-0.25, -0.2) is 18.7 Å². The van der Waals surface area contributed by atoms with E-state index in [2.05, 4.69) is 25.2 Å². The van der Waals surface area contributed by atoms with Crippen molar-refractivity contribution in [2.75, 3.05) is 5.32 Å². The van der Waals surface area contributed by atoms with E-state index in [1.807, 2.05) is 24.4 Å². The minimum atomic E-state index is -0.872. The van der Waals surface area contributed by atoms with Gasteiger partial charge in [-0.05, 0) is 55.0 Å². The molecule has 1 unspecified atom stereocenters. The summed E-state index contributed by atoms with van der Waals surface area (Å²) in [4.78, 5) is 40.6. The Bertz CT molecular complexity index is 1820. The highest BCUT2D eigenvalue weighted by molar-refractivity contribution is 6.06. The van der Waals surface area contributed by atoms with E-state index in [9.17, 15) is 14.0 Å². The first kappa shape index (κ1) is 27.1. The molecule has 5 heterocycles. The zero-order valence-corrected chi connectivity index (χ0v) is 24.2. The molecular formula is C34H32F2N6O2. The number of benzene rings is 1. The molecule has 0 saturated heterocycles. The second-order valence-electron chi connectivity index (χ2n) is 12.7. The molecule has 0 bridgehead atoms. The maximum atomic E-state index is 15.0. The van der Waals surface area contributed by atoms with Gasteiger partial charge in [-0.1, -0.05) is 37.5 Å². The van der Waals surface area contributed by atoms with Crippen LogP contribution in [0.15, 0.2) is 55.0 Å². The van der Waals surface area contributed by atoms with E-state index >= 15 is 4.39 Å². The summed E-state index contributed by atoms with van der Waals surface area (Å²) in [6.45, 7) is 0.481. The van der Waals surface area contributed by atoms with Crippen molar-refractivity contribution in [2.24, 2.45) is 0 Å². The zero-order valence-electron chi connectivity index (χ0n) is 24.2. The van der Waals surface area contributed by atoms with Crippen molar-refractivity contribution >= 4 is 17.6 Å². The lowest BCUT2D eigenvalue weighted by atomic mass is 9.80. The summed E-state index contributed by atoms with van der Waals surface area (Å²) in [5.41, 5.74) is 3.53. The second kappa shape index (κ2) is 10.3. The highest BCUT2D eigenvalue weighted by Gasteiger charge is 2.51. The molecule has 1 fully saturated rings. The van der Waals surface area contributed by atoms with Gasteiger partial charge in [0.25, 0.3) is 5.91 Å². The van der Waals surface area contributed by atoms with Crippen molar-refractivity contribution in [3.05, 3.63) is 106 Å². The summed E-state index contributed by atoms with van der Waals surface area (Å²) in [5, 5.41) is 6.05. The first-order chi connectivity index (χ1) is 21.4. The fraction of sp³-hybridized carbons (Fsp3) is 0.382. The third kappa shape index (κ3) is 4.25. The smallest absolute Gasteiger partial charge is 0.253 e. The van der Waals surface area contributed by atoms with E-state index < -0.39 is 23.1 Å². The molecule has 44 heavy (non-hydrogen) atoms. The van der Waals surface area contributed by atoms with Crippen LogP contribution in [0.4, 0.5) is 14.6 Å². The molecule has 1 spiro atoms. The first-order valence-corrected chi connectivity index (χ1v) is 15.5. The summed E-state index contributed by atoms with van der Waals surface area (Å²) < 4.78 is 31.5. The molecule has 1 aromatic carbocycles. The van der Waals surface area contributed by atoms with E-state index in [0.29, 0.717) is 48.7 Å². The molecule has 2 amide bonds. The quantitative estimate of drug-likeness (QED) is 0.318. The van der Waals surface area contributed by atoms with E-state index in [1.54, 1.807) is 18.5 Å². The van der Waals surface area contributed by atoms with Crippen LogP contribution >= 0.6 is 0 Å². The lowest BCUT2D eigenvalue weighted by Crippen LogP contribution is -2.36. The van der Waals surface area contributed by atoms with Crippen molar-refractivity contribution in [1.29, 1.82) is 0 Å². The van der Waals surface area contributed by atoms with E-state index in [-0.39, 0.29) is 17.7 Å². The normalized spacial score (nSPS) is 24.1. The van der Waals surface area contributed by atoms with E-state index in [4.69, 9.17) is 4.98 Å². The number of anilines is 1. The topological polar surface area (TPSA) is 102 Å². The molecule has 2 aliphatic heterocycles. The summed E-state index contributed by atoms with van der Waals surface area (Å²) >= 11 is 0. The molecule has 4 aromatic rings. The number of pyridine rings is 2. The van der Waals surface area contributed by atoms with Crippen molar-refractivity contribution in [2.45, 2.75) is 81.2 Å². The number of nitrogens with zero attached hydrogens (tertiary/aromatic N) is 4. The maximum Gasteiger partial charge on any atom is 0.253 e. The summed E-state index contributed by atoms with van der Waals surface area (Å²) in [5.74, 6) is -0.795. The van der Waals surface area contributed by atoms with Crippen molar-refractivity contribution in [1.82, 2.24) is 24.8 Å². The molecular weight excluding hydrogens is 562 g/mol. The molecule has 10 heteroatoms. The number of halogens is 2. The van der Waals surface area contributed by atoms with Crippen molar-refractivity contribution < 1.29 is 18.4 Å². The number of carbonyl (C=O) groups excluding carboxylic acids is 2. The number of amides is 2. The minimum absolute atomic E-state index is 0.103. The largest absolute Gasteiger partial charge is 0.342 e. The number of hydrogen-bond acceptors (Lipinski definition) is 5. The fourth-order valence-electron chi connectivity index (χ4n) is 7.96. The van der Waals surface area contributed by atoms with Crippen LogP contribution in [-0.2, 0) is 29.6 Å². The van der Waals surface area contributed by atoms with Crippen LogP contribution in [0.5, 0.6) is 0 Å². The van der Waals surface area contributed by atoms with E-state index in [0.717, 1.165) is 60.1 Å². The summed E-state index contributed by atoms with van der Waals surface area (Å²) in [7, 11) is 0. The minimum Gasteiger partial charge on any atom is -0.342 e. The highest BCUT2D eigenvalue weighted by Crippen LogP contribution is 2.46. The van der Waals surface area contributed by atoms with Crippen LogP contribution in [0.1, 0.15) is 101 Å². The lowest BCUT2D eigenvalue weighted by Gasteiger charge is -2.34. The Labute approximate surface area is 253 Å². The Morgan fingerprint density at radius 2 is 1.86 bits per heavy atom. The lowest BCUT2D eigenvalue weighted by molar-refractivity contribution is -0.120. The summed E-state index contributed by atoms with van der Waals surface area (Å²) in [6.07, 6.45) is 12.1. The summed E-state index contributed by atoms with van der Waals surface area (Å²) in [6, 6.07) is 9.37. The number of carbonyl (C=O) groups is 2. The Morgan fingerprint density at radius 1 is 1.00 bits per heavy atom. The molecule has 0 radical (unpaired) electrons.